The Kier molecular flexibility index (Phi) is 3.91. The van der Waals surface area contributed by atoms with Gasteiger partial charge in [-0.25, -0.2) is 14.6 Å². The minimum atomic E-state index is 0.443. The summed E-state index contributed by atoms with van der Waals surface area (Å²) >= 11 is 16.2. The maximum atomic E-state index is 6.46. The van der Waals surface area contributed by atoms with E-state index in [0.717, 1.165) is 34.5 Å². The van der Waals surface area contributed by atoms with Gasteiger partial charge in [0.15, 0.2) is 0 Å². The number of halogens is 3. The van der Waals surface area contributed by atoms with Gasteiger partial charge in [0, 0.05) is 29.0 Å². The maximum absolute atomic E-state index is 6.46. The second-order valence-electron chi connectivity index (χ2n) is 5.42. The number of aromatic nitrogens is 4. The molecule has 2 aromatic heterocycles. The van der Waals surface area contributed by atoms with Crippen LogP contribution in [-0.4, -0.2) is 32.8 Å². The monoisotopic (exact) mass is 411 g/mol. The zero-order chi connectivity index (χ0) is 16.0. The van der Waals surface area contributed by atoms with Crippen molar-refractivity contribution in [1.82, 2.24) is 19.7 Å². The summed E-state index contributed by atoms with van der Waals surface area (Å²) in [5, 5.41) is 6.04. The third-order valence-corrected chi connectivity index (χ3v) is 5.71. The number of fused-ring (bicyclic) bond motifs is 1. The summed E-state index contributed by atoms with van der Waals surface area (Å²) in [5.74, 6) is 0.890. The normalized spacial score (nSPS) is 14.8. The molecule has 0 bridgehead atoms. The molecular formula is C15H12BrCl2N5. The molecule has 3 heterocycles. The molecule has 0 aliphatic carbocycles. The Morgan fingerprint density at radius 2 is 1.87 bits per heavy atom. The number of hydrogen-bond acceptors (Lipinski definition) is 4. The molecular weight excluding hydrogens is 401 g/mol. The van der Waals surface area contributed by atoms with E-state index in [2.05, 4.69) is 30.9 Å². The Morgan fingerprint density at radius 1 is 1.09 bits per heavy atom. The van der Waals surface area contributed by atoms with E-state index in [-0.39, 0.29) is 0 Å². The van der Waals surface area contributed by atoms with Crippen molar-refractivity contribution in [3.8, 4) is 5.69 Å². The third kappa shape index (κ3) is 2.58. The van der Waals surface area contributed by atoms with Crippen LogP contribution >= 0.6 is 39.1 Å². The van der Waals surface area contributed by atoms with Gasteiger partial charge >= 0.3 is 0 Å². The molecule has 1 aromatic carbocycles. The van der Waals surface area contributed by atoms with Gasteiger partial charge in [0.05, 0.1) is 21.2 Å². The van der Waals surface area contributed by atoms with Crippen LogP contribution in [0.2, 0.25) is 10.0 Å². The summed E-state index contributed by atoms with van der Waals surface area (Å²) in [5.41, 5.74) is 1.56. The molecule has 0 amide bonds. The van der Waals surface area contributed by atoms with Gasteiger partial charge in [0.1, 0.15) is 18.5 Å². The van der Waals surface area contributed by atoms with Crippen LogP contribution < -0.4 is 4.90 Å². The van der Waals surface area contributed by atoms with Gasteiger partial charge in [-0.2, -0.15) is 5.10 Å². The van der Waals surface area contributed by atoms with Crippen molar-refractivity contribution in [2.45, 2.75) is 12.8 Å². The van der Waals surface area contributed by atoms with E-state index in [9.17, 15) is 0 Å². The molecule has 1 aliphatic heterocycles. The van der Waals surface area contributed by atoms with Crippen molar-refractivity contribution in [2.24, 2.45) is 0 Å². The second kappa shape index (κ2) is 5.92. The number of hydrogen-bond donors (Lipinski definition) is 0. The van der Waals surface area contributed by atoms with Crippen LogP contribution in [0.3, 0.4) is 0 Å². The van der Waals surface area contributed by atoms with E-state index in [1.165, 1.54) is 19.2 Å². The van der Waals surface area contributed by atoms with E-state index < -0.39 is 0 Å². The largest absolute Gasteiger partial charge is 0.357 e. The quantitative estimate of drug-likeness (QED) is 0.582. The minimum Gasteiger partial charge on any atom is -0.357 e. The van der Waals surface area contributed by atoms with E-state index in [4.69, 9.17) is 28.2 Å². The van der Waals surface area contributed by atoms with E-state index >= 15 is 0 Å². The average Bonchev–Trinajstić information content (AvgIpc) is 3.25. The molecule has 3 aromatic rings. The first-order valence-corrected chi connectivity index (χ1v) is 8.78. The molecule has 1 saturated heterocycles. The first kappa shape index (κ1) is 15.2. The fourth-order valence-electron chi connectivity index (χ4n) is 2.87. The van der Waals surface area contributed by atoms with Crippen LogP contribution in [0.4, 0.5) is 5.82 Å². The highest BCUT2D eigenvalue weighted by Gasteiger charge is 2.20. The molecule has 5 nitrogen and oxygen atoms in total. The molecule has 1 fully saturated rings. The van der Waals surface area contributed by atoms with Gasteiger partial charge < -0.3 is 4.90 Å². The Labute approximate surface area is 151 Å². The predicted octanol–water partition coefficient (Wildman–Crippen LogP) is 4.49. The van der Waals surface area contributed by atoms with E-state index in [0.29, 0.717) is 15.6 Å². The van der Waals surface area contributed by atoms with Crippen molar-refractivity contribution < 1.29 is 0 Å². The molecule has 23 heavy (non-hydrogen) atoms. The van der Waals surface area contributed by atoms with Crippen LogP contribution in [0.15, 0.2) is 29.3 Å². The fraction of sp³-hybridized carbons (Fsp3) is 0.267. The molecule has 0 spiro atoms. The third-order valence-electron chi connectivity index (χ3n) is 4.00. The lowest BCUT2D eigenvalue weighted by atomic mass is 10.1. The summed E-state index contributed by atoms with van der Waals surface area (Å²) in [6.45, 7) is 1.99. The predicted molar refractivity (Wildman–Crippen MR) is 95.8 cm³/mol. The van der Waals surface area contributed by atoms with Crippen LogP contribution in [0.5, 0.6) is 0 Å². The molecule has 118 valence electrons. The molecule has 0 atom stereocenters. The van der Waals surface area contributed by atoms with Crippen LogP contribution in [0.1, 0.15) is 12.8 Å². The number of rotatable bonds is 2. The van der Waals surface area contributed by atoms with E-state index in [1.54, 1.807) is 11.0 Å². The Balaban J connectivity index is 2.04. The van der Waals surface area contributed by atoms with Crippen molar-refractivity contribution in [3.05, 3.63) is 39.3 Å². The number of pyridine rings is 1. The summed E-state index contributed by atoms with van der Waals surface area (Å²) in [4.78, 5) is 11.1. The van der Waals surface area contributed by atoms with Crippen molar-refractivity contribution in [2.75, 3.05) is 18.0 Å². The highest BCUT2D eigenvalue weighted by molar-refractivity contribution is 9.10. The highest BCUT2D eigenvalue weighted by atomic mass is 79.9. The zero-order valence-corrected chi connectivity index (χ0v) is 15.1. The highest BCUT2D eigenvalue weighted by Crippen LogP contribution is 2.39. The lowest BCUT2D eigenvalue weighted by molar-refractivity contribution is 0.877. The van der Waals surface area contributed by atoms with E-state index in [1.807, 2.05) is 12.1 Å². The first-order chi connectivity index (χ1) is 11.1. The molecule has 0 radical (unpaired) electrons. The Morgan fingerprint density at radius 3 is 2.57 bits per heavy atom. The standard InChI is InChI=1S/C15H12BrCl2N5/c16-10-5-9-11(23-8-19-7-20-23)6-12(22-3-1-2-4-22)21-15(9)14(18)13(10)17/h5-8H,1-4H2. The van der Waals surface area contributed by atoms with Crippen molar-refractivity contribution >= 4 is 55.9 Å². The first-order valence-electron chi connectivity index (χ1n) is 7.23. The Bertz CT molecular complexity index is 875. The lowest BCUT2D eigenvalue weighted by Crippen LogP contribution is -2.19. The summed E-state index contributed by atoms with van der Waals surface area (Å²) in [6.07, 6.45) is 5.52. The molecule has 0 saturated carbocycles. The second-order valence-corrected chi connectivity index (χ2v) is 7.03. The van der Waals surface area contributed by atoms with Crippen molar-refractivity contribution in [1.29, 1.82) is 0 Å². The SMILES string of the molecule is Clc1c(Br)cc2c(-n3cncn3)cc(N3CCCC3)nc2c1Cl. The molecule has 0 N–H and O–H groups in total. The number of anilines is 1. The summed E-state index contributed by atoms with van der Waals surface area (Å²) in [6, 6.07) is 3.94. The number of nitrogens with zero attached hydrogens (tertiary/aromatic N) is 5. The molecule has 4 rings (SSSR count). The maximum Gasteiger partial charge on any atom is 0.138 e. The average molecular weight is 413 g/mol. The smallest absolute Gasteiger partial charge is 0.138 e. The Hall–Kier alpha value is -1.37. The van der Waals surface area contributed by atoms with Gasteiger partial charge in [-0.3, -0.25) is 0 Å². The molecule has 8 heteroatoms. The van der Waals surface area contributed by atoms with Gasteiger partial charge in [-0.1, -0.05) is 23.2 Å². The van der Waals surface area contributed by atoms with Crippen LogP contribution in [-0.2, 0) is 0 Å². The summed E-state index contributed by atoms with van der Waals surface area (Å²) < 4.78 is 2.45. The van der Waals surface area contributed by atoms with Gasteiger partial charge in [0.25, 0.3) is 0 Å². The van der Waals surface area contributed by atoms with Gasteiger partial charge in [0.2, 0.25) is 0 Å². The lowest BCUT2D eigenvalue weighted by Gasteiger charge is -2.19. The summed E-state index contributed by atoms with van der Waals surface area (Å²) in [7, 11) is 0. The van der Waals surface area contributed by atoms with Crippen LogP contribution in [0.25, 0.3) is 16.6 Å². The van der Waals surface area contributed by atoms with Gasteiger partial charge in [-0.05, 0) is 34.8 Å². The zero-order valence-electron chi connectivity index (χ0n) is 12.0. The number of benzene rings is 1. The fourth-order valence-corrected chi connectivity index (χ4v) is 3.80. The van der Waals surface area contributed by atoms with Crippen LogP contribution in [0, 0.1) is 0 Å². The molecule has 0 unspecified atom stereocenters. The topological polar surface area (TPSA) is 46.8 Å². The van der Waals surface area contributed by atoms with Gasteiger partial charge in [-0.15, -0.1) is 0 Å². The van der Waals surface area contributed by atoms with Crippen molar-refractivity contribution in [3.63, 3.8) is 0 Å². The molecule has 1 aliphatic rings. The minimum absolute atomic E-state index is 0.443.